The van der Waals surface area contributed by atoms with E-state index >= 15 is 0 Å². The summed E-state index contributed by atoms with van der Waals surface area (Å²) in [4.78, 5) is 31.2. The highest BCUT2D eigenvalue weighted by molar-refractivity contribution is 5.93. The number of amides is 3. The van der Waals surface area contributed by atoms with Crippen LogP contribution in [0.1, 0.15) is 84.5 Å². The molecule has 238 valence electrons. The van der Waals surface area contributed by atoms with Gasteiger partial charge in [0.25, 0.3) is 18.3 Å². The number of carbonyl (C=O) groups is 2. The van der Waals surface area contributed by atoms with Crippen molar-refractivity contribution in [1.82, 2.24) is 40.4 Å². The van der Waals surface area contributed by atoms with Gasteiger partial charge in [-0.2, -0.15) is 5.10 Å². The number of carbonyl (C=O) groups excluding carboxylic acids is 2. The number of hydrogen-bond acceptors (Lipinski definition) is 8. The lowest BCUT2D eigenvalue weighted by Gasteiger charge is -2.38. The summed E-state index contributed by atoms with van der Waals surface area (Å²) in [5, 5.41) is 15.5. The number of aromatic nitrogens is 5. The molecule has 3 aliphatic rings. The van der Waals surface area contributed by atoms with Gasteiger partial charge in [-0.15, -0.1) is 0 Å². The average Bonchev–Trinajstić information content (AvgIpc) is 3.48. The molecule has 0 bridgehead atoms. The SMILES string of the molecule is O=C(NC(c1cn2ncc(C(COC3CC3)N3CC(F)(F)CNC3=O)cc2n1)C1CCC(F)(F)CC1)c1nonc1C(F)F. The van der Waals surface area contributed by atoms with E-state index in [1.807, 2.05) is 0 Å². The third-order valence-corrected chi connectivity index (χ3v) is 8.07. The molecule has 0 aromatic carbocycles. The van der Waals surface area contributed by atoms with Gasteiger partial charge in [0.2, 0.25) is 11.6 Å². The molecule has 3 fully saturated rings. The first-order valence-corrected chi connectivity index (χ1v) is 14.1. The standard InChI is InChI=1S/C26H28F6N8O4/c27-22(28)20-21(38-44-37-20)23(41)36-19(13-3-5-25(29,30)6-4-13)16-9-40-18(35-16)7-14(8-34-40)17(10-43-15-1-2-15)39-12-26(31,32)11-33-24(39)42/h7-9,13,15,17,19,22H,1-6,10-12H2,(H,33,42)(H,36,41). The molecule has 2 N–H and O–H groups in total. The summed E-state index contributed by atoms with van der Waals surface area (Å²) < 4.78 is 94.7. The predicted octanol–water partition coefficient (Wildman–Crippen LogP) is 4.23. The van der Waals surface area contributed by atoms with Crippen molar-refractivity contribution in [3.8, 4) is 0 Å². The van der Waals surface area contributed by atoms with Gasteiger partial charge in [-0.25, -0.2) is 45.3 Å². The van der Waals surface area contributed by atoms with Crippen LogP contribution in [0.5, 0.6) is 0 Å². The molecule has 2 atom stereocenters. The molecule has 0 radical (unpaired) electrons. The minimum Gasteiger partial charge on any atom is -0.376 e. The molecular weight excluding hydrogens is 602 g/mol. The fraction of sp³-hybridized carbons (Fsp3) is 0.615. The Balaban J connectivity index is 1.31. The molecule has 44 heavy (non-hydrogen) atoms. The largest absolute Gasteiger partial charge is 0.376 e. The van der Waals surface area contributed by atoms with E-state index in [1.54, 1.807) is 0 Å². The Bertz CT molecular complexity index is 1520. The molecule has 18 heteroatoms. The van der Waals surface area contributed by atoms with Gasteiger partial charge in [0.15, 0.2) is 11.3 Å². The van der Waals surface area contributed by atoms with E-state index in [0.717, 1.165) is 17.7 Å². The summed E-state index contributed by atoms with van der Waals surface area (Å²) in [6.07, 6.45) is 0.400. The zero-order chi connectivity index (χ0) is 31.2. The van der Waals surface area contributed by atoms with Crippen molar-refractivity contribution in [2.75, 3.05) is 19.7 Å². The van der Waals surface area contributed by atoms with Gasteiger partial charge in [-0.3, -0.25) is 4.79 Å². The monoisotopic (exact) mass is 630 g/mol. The molecule has 12 nitrogen and oxygen atoms in total. The van der Waals surface area contributed by atoms with Crippen molar-refractivity contribution in [1.29, 1.82) is 0 Å². The smallest absolute Gasteiger partial charge is 0.318 e. The number of urea groups is 1. The van der Waals surface area contributed by atoms with Crippen molar-refractivity contribution >= 4 is 17.6 Å². The number of nitrogens with zero attached hydrogens (tertiary/aromatic N) is 6. The molecule has 3 aromatic heterocycles. The van der Waals surface area contributed by atoms with Gasteiger partial charge in [0, 0.05) is 18.4 Å². The maximum absolute atomic E-state index is 14.3. The van der Waals surface area contributed by atoms with Crippen LogP contribution in [0.25, 0.3) is 5.65 Å². The van der Waals surface area contributed by atoms with E-state index in [-0.39, 0.29) is 36.9 Å². The van der Waals surface area contributed by atoms with E-state index in [1.165, 1.54) is 23.0 Å². The number of imidazole rings is 1. The van der Waals surface area contributed by atoms with Gasteiger partial charge in [0.05, 0.1) is 56.0 Å². The molecule has 2 unspecified atom stereocenters. The highest BCUT2D eigenvalue weighted by atomic mass is 19.3. The van der Waals surface area contributed by atoms with Crippen LogP contribution in [-0.4, -0.2) is 79.4 Å². The van der Waals surface area contributed by atoms with Crippen LogP contribution in [0.2, 0.25) is 0 Å². The number of hydrogen-bond donors (Lipinski definition) is 2. The highest BCUT2D eigenvalue weighted by Gasteiger charge is 2.43. The van der Waals surface area contributed by atoms with E-state index in [0.29, 0.717) is 5.56 Å². The molecule has 6 rings (SSSR count). The Kier molecular flexibility index (Phi) is 7.87. The Morgan fingerprint density at radius 1 is 1.14 bits per heavy atom. The van der Waals surface area contributed by atoms with Crippen molar-refractivity contribution in [3.05, 3.63) is 41.1 Å². The molecular formula is C26H28F6N8O4. The van der Waals surface area contributed by atoms with Gasteiger partial charge < -0.3 is 20.3 Å². The number of fused-ring (bicyclic) bond motifs is 1. The van der Waals surface area contributed by atoms with Crippen molar-refractivity contribution < 1.29 is 45.3 Å². The van der Waals surface area contributed by atoms with Gasteiger partial charge in [0.1, 0.15) is 0 Å². The fourth-order valence-electron chi connectivity index (χ4n) is 5.54. The summed E-state index contributed by atoms with van der Waals surface area (Å²) in [7, 11) is 0. The van der Waals surface area contributed by atoms with E-state index in [4.69, 9.17) is 4.74 Å². The Morgan fingerprint density at radius 3 is 2.59 bits per heavy atom. The molecule has 2 aliphatic carbocycles. The second-order valence-electron chi connectivity index (χ2n) is 11.4. The predicted molar refractivity (Wildman–Crippen MR) is 136 cm³/mol. The van der Waals surface area contributed by atoms with Crippen LogP contribution in [0.15, 0.2) is 23.1 Å². The summed E-state index contributed by atoms with van der Waals surface area (Å²) in [5.41, 5.74) is -0.956. The van der Waals surface area contributed by atoms with Gasteiger partial charge >= 0.3 is 6.03 Å². The van der Waals surface area contributed by atoms with Crippen molar-refractivity contribution in [2.24, 2.45) is 5.92 Å². The molecule has 0 spiro atoms. The lowest BCUT2D eigenvalue weighted by atomic mass is 9.81. The molecule has 4 heterocycles. The lowest BCUT2D eigenvalue weighted by Crippen LogP contribution is -2.58. The third-order valence-electron chi connectivity index (χ3n) is 8.07. The van der Waals surface area contributed by atoms with E-state index < -0.39 is 85.5 Å². The molecule has 1 aliphatic heterocycles. The van der Waals surface area contributed by atoms with Crippen molar-refractivity contribution in [3.63, 3.8) is 0 Å². The van der Waals surface area contributed by atoms with Crippen LogP contribution in [-0.2, 0) is 4.74 Å². The van der Waals surface area contributed by atoms with Crippen LogP contribution in [0.3, 0.4) is 0 Å². The van der Waals surface area contributed by atoms with Gasteiger partial charge in [-0.1, -0.05) is 0 Å². The Hall–Kier alpha value is -3.96. The molecule has 2 saturated carbocycles. The van der Waals surface area contributed by atoms with Crippen molar-refractivity contribution in [2.45, 2.75) is 75.0 Å². The maximum Gasteiger partial charge on any atom is 0.318 e. The molecule has 3 amide bonds. The summed E-state index contributed by atoms with van der Waals surface area (Å²) in [6, 6.07) is -1.09. The normalized spacial score (nSPS) is 21.8. The quantitative estimate of drug-likeness (QED) is 0.318. The second kappa shape index (κ2) is 11.5. The van der Waals surface area contributed by atoms with Crippen LogP contribution < -0.4 is 10.6 Å². The average molecular weight is 631 g/mol. The summed E-state index contributed by atoms with van der Waals surface area (Å²) >= 11 is 0. The minimum atomic E-state index is -3.17. The topological polar surface area (TPSA) is 140 Å². The first kappa shape index (κ1) is 30.1. The summed E-state index contributed by atoms with van der Waals surface area (Å²) in [6.45, 7) is -1.68. The zero-order valence-corrected chi connectivity index (χ0v) is 23.1. The number of nitrogens with one attached hydrogen (secondary N) is 2. The highest BCUT2D eigenvalue weighted by Crippen LogP contribution is 2.41. The minimum absolute atomic E-state index is 0.00211. The summed E-state index contributed by atoms with van der Waals surface area (Å²) in [5.74, 6) is -7.65. The third kappa shape index (κ3) is 6.44. The first-order chi connectivity index (χ1) is 20.9. The Labute approximate surface area is 245 Å². The Morgan fingerprint density at radius 2 is 1.89 bits per heavy atom. The lowest BCUT2D eigenvalue weighted by molar-refractivity contribution is -0.0542. The molecule has 1 saturated heterocycles. The number of halogens is 6. The second-order valence-corrected chi connectivity index (χ2v) is 11.4. The maximum atomic E-state index is 14.3. The molecule has 3 aromatic rings. The number of rotatable bonds is 10. The van der Waals surface area contributed by atoms with Crippen LogP contribution in [0, 0.1) is 5.92 Å². The van der Waals surface area contributed by atoms with Crippen LogP contribution >= 0.6 is 0 Å². The van der Waals surface area contributed by atoms with Crippen LogP contribution in [0.4, 0.5) is 31.1 Å². The zero-order valence-electron chi connectivity index (χ0n) is 23.1. The van der Waals surface area contributed by atoms with E-state index in [9.17, 15) is 35.9 Å². The number of ether oxygens (including phenoxy) is 1. The first-order valence-electron chi connectivity index (χ1n) is 14.1. The van der Waals surface area contributed by atoms with Gasteiger partial charge in [-0.05, 0) is 48.0 Å². The van der Waals surface area contributed by atoms with E-state index in [2.05, 4.69) is 35.7 Å². The fourth-order valence-corrected chi connectivity index (χ4v) is 5.54. The number of alkyl halides is 6.